The van der Waals surface area contributed by atoms with Crippen molar-refractivity contribution in [3.05, 3.63) is 64.7 Å². The molecule has 4 heteroatoms. The molecule has 0 bridgehead atoms. The molecule has 0 saturated heterocycles. The fourth-order valence-corrected chi connectivity index (χ4v) is 3.92. The van der Waals surface area contributed by atoms with E-state index in [1.165, 1.54) is 42.6 Å². The molecule has 1 aliphatic carbocycles. The fraction of sp³-hybridized carbons (Fsp3) is 0.417. The highest BCUT2D eigenvalue weighted by Gasteiger charge is 2.18. The van der Waals surface area contributed by atoms with Crippen molar-refractivity contribution >= 4 is 17.5 Å². The van der Waals surface area contributed by atoms with Gasteiger partial charge < -0.3 is 10.2 Å². The maximum absolute atomic E-state index is 12.7. The maximum atomic E-state index is 12.7. The van der Waals surface area contributed by atoms with Crippen LogP contribution in [0.3, 0.4) is 0 Å². The zero-order valence-electron chi connectivity index (χ0n) is 17.1. The Morgan fingerprint density at radius 1 is 1.00 bits per heavy atom. The Balaban J connectivity index is 1.59. The number of amides is 2. The minimum absolute atomic E-state index is 0.0244. The number of hydrogen-bond acceptors (Lipinski definition) is 2. The van der Waals surface area contributed by atoms with Crippen molar-refractivity contribution in [3.8, 4) is 0 Å². The fourth-order valence-electron chi connectivity index (χ4n) is 3.92. The number of likely N-dealkylation sites (N-methyl/N-ethyl adjacent to an activating group) is 1. The number of carbonyl (C=O) groups is 2. The molecule has 148 valence electrons. The second kappa shape index (κ2) is 9.05. The number of benzene rings is 2. The minimum Gasteiger partial charge on any atom is -0.332 e. The van der Waals surface area contributed by atoms with E-state index >= 15 is 0 Å². The lowest BCUT2D eigenvalue weighted by atomic mass is 9.84. The van der Waals surface area contributed by atoms with Crippen molar-refractivity contribution in [3.63, 3.8) is 0 Å². The number of anilines is 1. The summed E-state index contributed by atoms with van der Waals surface area (Å²) in [5.41, 5.74) is 4.92. The van der Waals surface area contributed by atoms with Gasteiger partial charge in [-0.2, -0.15) is 0 Å². The summed E-state index contributed by atoms with van der Waals surface area (Å²) >= 11 is 0. The minimum atomic E-state index is -0.191. The van der Waals surface area contributed by atoms with Crippen LogP contribution in [0.4, 0.5) is 5.69 Å². The third kappa shape index (κ3) is 4.80. The van der Waals surface area contributed by atoms with Gasteiger partial charge in [0, 0.05) is 18.3 Å². The van der Waals surface area contributed by atoms with E-state index in [1.54, 1.807) is 7.05 Å². The van der Waals surface area contributed by atoms with E-state index in [-0.39, 0.29) is 18.4 Å². The van der Waals surface area contributed by atoms with E-state index in [0.29, 0.717) is 11.5 Å². The summed E-state index contributed by atoms with van der Waals surface area (Å²) in [6, 6.07) is 13.8. The molecule has 4 nitrogen and oxygen atoms in total. The number of nitrogens with zero attached hydrogens (tertiary/aromatic N) is 1. The molecule has 0 radical (unpaired) electrons. The maximum Gasteiger partial charge on any atom is 0.254 e. The van der Waals surface area contributed by atoms with Crippen molar-refractivity contribution in [1.29, 1.82) is 0 Å². The molecule has 2 aromatic carbocycles. The highest BCUT2D eigenvalue weighted by atomic mass is 16.2. The van der Waals surface area contributed by atoms with Crippen molar-refractivity contribution in [2.75, 3.05) is 18.9 Å². The van der Waals surface area contributed by atoms with Crippen molar-refractivity contribution in [2.24, 2.45) is 0 Å². The lowest BCUT2D eigenvalue weighted by Crippen LogP contribution is -2.35. The zero-order chi connectivity index (χ0) is 20.1. The van der Waals surface area contributed by atoms with E-state index in [9.17, 15) is 9.59 Å². The van der Waals surface area contributed by atoms with E-state index < -0.39 is 0 Å². The number of carbonyl (C=O) groups excluding carboxylic acids is 2. The number of rotatable bonds is 5. The first-order valence-corrected chi connectivity index (χ1v) is 10.2. The van der Waals surface area contributed by atoms with Gasteiger partial charge in [0.15, 0.2) is 0 Å². The van der Waals surface area contributed by atoms with Crippen LogP contribution in [0.2, 0.25) is 0 Å². The largest absolute Gasteiger partial charge is 0.332 e. The first kappa shape index (κ1) is 20.1. The third-order valence-electron chi connectivity index (χ3n) is 5.84. The topological polar surface area (TPSA) is 49.4 Å². The van der Waals surface area contributed by atoms with Crippen LogP contribution < -0.4 is 5.32 Å². The highest BCUT2D eigenvalue weighted by Crippen LogP contribution is 2.32. The van der Waals surface area contributed by atoms with Gasteiger partial charge in [0.1, 0.15) is 0 Å². The monoisotopic (exact) mass is 378 g/mol. The molecule has 0 unspecified atom stereocenters. The Hall–Kier alpha value is -2.62. The van der Waals surface area contributed by atoms with Crippen molar-refractivity contribution in [2.45, 2.75) is 51.9 Å². The van der Waals surface area contributed by atoms with Gasteiger partial charge in [0.05, 0.1) is 6.54 Å². The van der Waals surface area contributed by atoms with Gasteiger partial charge in [-0.25, -0.2) is 0 Å². The molecule has 0 atom stereocenters. The SMILES string of the molecule is Cc1cccc(NC(=O)CN(C)C(=O)c2ccc(C3CCCCC3)cc2)c1C. The Labute approximate surface area is 167 Å². The highest BCUT2D eigenvalue weighted by molar-refractivity contribution is 5.99. The molecule has 1 N–H and O–H groups in total. The molecule has 1 aliphatic rings. The van der Waals surface area contributed by atoms with E-state index in [1.807, 2.05) is 44.2 Å². The quantitative estimate of drug-likeness (QED) is 0.790. The van der Waals surface area contributed by atoms with Gasteiger partial charge in [-0.05, 0) is 67.5 Å². The molecule has 1 saturated carbocycles. The van der Waals surface area contributed by atoms with Crippen LogP contribution in [0.1, 0.15) is 65.1 Å². The molecule has 0 spiro atoms. The summed E-state index contributed by atoms with van der Waals surface area (Å²) in [7, 11) is 1.67. The average Bonchev–Trinajstić information content (AvgIpc) is 2.71. The number of aryl methyl sites for hydroxylation is 1. The van der Waals surface area contributed by atoms with Crippen molar-refractivity contribution < 1.29 is 9.59 Å². The molecular weight excluding hydrogens is 348 g/mol. The van der Waals surface area contributed by atoms with Crippen LogP contribution in [0.15, 0.2) is 42.5 Å². The van der Waals surface area contributed by atoms with Gasteiger partial charge >= 0.3 is 0 Å². The summed E-state index contributed by atoms with van der Waals surface area (Å²) in [5, 5.41) is 2.91. The Kier molecular flexibility index (Phi) is 6.50. The summed E-state index contributed by atoms with van der Waals surface area (Å²) in [5.74, 6) is 0.300. The molecule has 0 aliphatic heterocycles. The van der Waals surface area contributed by atoms with Crippen LogP contribution in [0.5, 0.6) is 0 Å². The molecule has 3 rings (SSSR count). The molecule has 2 amide bonds. The lowest BCUT2D eigenvalue weighted by molar-refractivity contribution is -0.116. The van der Waals surface area contributed by atoms with E-state index in [0.717, 1.165) is 16.8 Å². The summed E-state index contributed by atoms with van der Waals surface area (Å²) in [6.07, 6.45) is 6.41. The smallest absolute Gasteiger partial charge is 0.254 e. The Bertz CT molecular complexity index is 836. The second-order valence-corrected chi connectivity index (χ2v) is 7.91. The van der Waals surface area contributed by atoms with Crippen LogP contribution in [-0.4, -0.2) is 30.3 Å². The molecule has 28 heavy (non-hydrogen) atoms. The molecule has 0 heterocycles. The molecule has 1 fully saturated rings. The predicted octanol–water partition coefficient (Wildman–Crippen LogP) is 5.06. The lowest BCUT2D eigenvalue weighted by Gasteiger charge is -2.22. The average molecular weight is 379 g/mol. The number of nitrogens with one attached hydrogen (secondary N) is 1. The van der Waals surface area contributed by atoms with Crippen LogP contribution in [0.25, 0.3) is 0 Å². The molecule has 2 aromatic rings. The first-order valence-electron chi connectivity index (χ1n) is 10.2. The Morgan fingerprint density at radius 2 is 1.68 bits per heavy atom. The van der Waals surface area contributed by atoms with Crippen LogP contribution in [0, 0.1) is 13.8 Å². The summed E-state index contributed by atoms with van der Waals surface area (Å²) < 4.78 is 0. The van der Waals surface area contributed by atoms with Gasteiger partial charge in [-0.1, -0.05) is 43.5 Å². The van der Waals surface area contributed by atoms with Crippen molar-refractivity contribution in [1.82, 2.24) is 4.90 Å². The van der Waals surface area contributed by atoms with E-state index in [4.69, 9.17) is 0 Å². The van der Waals surface area contributed by atoms with E-state index in [2.05, 4.69) is 17.4 Å². The van der Waals surface area contributed by atoms with Crippen LogP contribution in [-0.2, 0) is 4.79 Å². The van der Waals surface area contributed by atoms with Gasteiger partial charge in [0.25, 0.3) is 5.91 Å². The van der Waals surface area contributed by atoms with Gasteiger partial charge in [0.2, 0.25) is 5.91 Å². The molecular formula is C24H30N2O2. The normalized spacial score (nSPS) is 14.5. The molecule has 0 aromatic heterocycles. The van der Waals surface area contributed by atoms with Crippen LogP contribution >= 0.6 is 0 Å². The predicted molar refractivity (Wildman–Crippen MR) is 114 cm³/mol. The third-order valence-corrected chi connectivity index (χ3v) is 5.84. The summed E-state index contributed by atoms with van der Waals surface area (Å²) in [4.78, 5) is 26.5. The van der Waals surface area contributed by atoms with Gasteiger partial charge in [-0.3, -0.25) is 9.59 Å². The summed E-state index contributed by atoms with van der Waals surface area (Å²) in [6.45, 7) is 4.02. The zero-order valence-corrected chi connectivity index (χ0v) is 17.1. The standard InChI is InChI=1S/C24H30N2O2/c1-17-8-7-11-22(18(17)2)25-23(27)16-26(3)24(28)21-14-12-20(13-15-21)19-9-5-4-6-10-19/h7-8,11-15,19H,4-6,9-10,16H2,1-3H3,(H,25,27). The van der Waals surface area contributed by atoms with Gasteiger partial charge in [-0.15, -0.1) is 0 Å². The number of hydrogen-bond donors (Lipinski definition) is 1. The second-order valence-electron chi connectivity index (χ2n) is 7.91. The first-order chi connectivity index (χ1) is 13.5. The Morgan fingerprint density at radius 3 is 2.36 bits per heavy atom.